The van der Waals surface area contributed by atoms with Gasteiger partial charge in [-0.2, -0.15) is 37.0 Å². The highest BCUT2D eigenvalue weighted by molar-refractivity contribution is 7.88. The number of likely N-dealkylation sites (tertiary alicyclic amines) is 1. The molecule has 1 saturated heterocycles. The van der Waals surface area contributed by atoms with E-state index in [9.17, 15) is 31.6 Å². The van der Waals surface area contributed by atoms with Crippen LogP contribution >= 0.6 is 0 Å². The number of amides is 1. The van der Waals surface area contributed by atoms with Gasteiger partial charge in [0.1, 0.15) is 22.8 Å². The van der Waals surface area contributed by atoms with Crippen LogP contribution in [-0.4, -0.2) is 63.0 Å². The zero-order chi connectivity index (χ0) is 27.2. The fraction of sp³-hybridized carbons (Fsp3) is 0.455. The van der Waals surface area contributed by atoms with E-state index in [0.29, 0.717) is 31.5 Å². The first-order valence-electron chi connectivity index (χ1n) is 11.1. The fourth-order valence-electron chi connectivity index (χ4n) is 3.88. The maximum Gasteiger partial charge on any atom is 0.534 e. The van der Waals surface area contributed by atoms with E-state index < -0.39 is 33.1 Å². The van der Waals surface area contributed by atoms with Gasteiger partial charge in [-0.25, -0.2) is 9.31 Å². The maximum absolute atomic E-state index is 13.0. The first-order chi connectivity index (χ1) is 17.2. The summed E-state index contributed by atoms with van der Waals surface area (Å²) < 4.78 is 74.8. The Morgan fingerprint density at radius 2 is 1.78 bits per heavy atom. The van der Waals surface area contributed by atoms with Gasteiger partial charge in [0.2, 0.25) is 0 Å². The lowest BCUT2D eigenvalue weighted by molar-refractivity contribution is -0.0499. The Morgan fingerprint density at radius 3 is 2.38 bits per heavy atom. The summed E-state index contributed by atoms with van der Waals surface area (Å²) in [6.07, 6.45) is 6.45. The fourth-order valence-corrected chi connectivity index (χ4v) is 4.34. The van der Waals surface area contributed by atoms with Crippen molar-refractivity contribution in [1.29, 1.82) is 5.26 Å². The molecular formula is C22H23F3N6O5S. The number of alkyl halides is 3. The van der Waals surface area contributed by atoms with E-state index in [-0.39, 0.29) is 22.7 Å². The Kier molecular flexibility index (Phi) is 6.57. The van der Waals surface area contributed by atoms with Crippen molar-refractivity contribution < 1.29 is 35.3 Å². The second kappa shape index (κ2) is 9.25. The highest BCUT2D eigenvalue weighted by Gasteiger charge is 2.49. The van der Waals surface area contributed by atoms with Crippen molar-refractivity contribution in [3.05, 3.63) is 36.4 Å². The van der Waals surface area contributed by atoms with E-state index in [1.54, 1.807) is 42.6 Å². The van der Waals surface area contributed by atoms with Crippen LogP contribution in [0.2, 0.25) is 0 Å². The van der Waals surface area contributed by atoms with Crippen molar-refractivity contribution in [1.82, 2.24) is 24.3 Å². The number of ether oxygens (including phenoxy) is 1. The number of piperidine rings is 1. The molecule has 1 aliphatic rings. The molecule has 3 aromatic heterocycles. The predicted octanol–water partition coefficient (Wildman–Crippen LogP) is 3.87. The average Bonchev–Trinajstić information content (AvgIpc) is 3.44. The topological polar surface area (TPSA) is 132 Å². The van der Waals surface area contributed by atoms with Gasteiger partial charge < -0.3 is 13.8 Å². The molecule has 0 unspecified atom stereocenters. The first kappa shape index (κ1) is 26.3. The number of pyridine rings is 1. The monoisotopic (exact) mass is 540 g/mol. The summed E-state index contributed by atoms with van der Waals surface area (Å²) in [6, 6.07) is 2.79. The van der Waals surface area contributed by atoms with Gasteiger partial charge in [0.25, 0.3) is 0 Å². The third kappa shape index (κ3) is 5.48. The summed E-state index contributed by atoms with van der Waals surface area (Å²) in [6.45, 7) is 6.29. The summed E-state index contributed by atoms with van der Waals surface area (Å²) in [5.74, 6) is -0.692. The van der Waals surface area contributed by atoms with E-state index in [1.807, 2.05) is 0 Å². The number of hydrogen-bond donors (Lipinski definition) is 0. The second-order valence-electron chi connectivity index (χ2n) is 9.45. The predicted molar refractivity (Wildman–Crippen MR) is 123 cm³/mol. The molecule has 15 heteroatoms. The standard InChI is InChI=1S/C22H23F3N6O5S/c1-21(2,3)35-20(32)29-6-4-17(5-7-29)30-13-16(11-27-30)14-8-18(36-37(33,34)22(23,24)25)19-15(9-26)10-28-31(19)12-14/h8,10-13,17H,4-7H2,1-3H3. The summed E-state index contributed by atoms with van der Waals surface area (Å²) >= 11 is 0. The first-order valence-corrected chi connectivity index (χ1v) is 12.5. The van der Waals surface area contributed by atoms with Crippen LogP contribution in [0.4, 0.5) is 18.0 Å². The molecule has 0 radical (unpaired) electrons. The van der Waals surface area contributed by atoms with Crippen molar-refractivity contribution in [2.75, 3.05) is 13.1 Å². The number of rotatable bonds is 4. The molecule has 11 nitrogen and oxygen atoms in total. The smallest absolute Gasteiger partial charge is 0.444 e. The lowest BCUT2D eigenvalue weighted by atomic mass is 10.1. The molecule has 0 spiro atoms. The van der Waals surface area contributed by atoms with Crippen LogP contribution in [-0.2, 0) is 14.9 Å². The van der Waals surface area contributed by atoms with Crippen LogP contribution in [0.15, 0.2) is 30.9 Å². The highest BCUT2D eigenvalue weighted by atomic mass is 32.2. The SMILES string of the molecule is CC(C)(C)OC(=O)N1CCC(n2cc(-c3cc(OS(=O)(=O)C(F)(F)F)c4c(C#N)cnn4c3)cn2)CC1. The molecule has 0 N–H and O–H groups in total. The van der Waals surface area contributed by atoms with Gasteiger partial charge in [0.15, 0.2) is 5.75 Å². The molecule has 4 heterocycles. The maximum atomic E-state index is 13.0. The Bertz CT molecular complexity index is 1470. The van der Waals surface area contributed by atoms with E-state index in [0.717, 1.165) is 16.8 Å². The number of carbonyl (C=O) groups is 1. The van der Waals surface area contributed by atoms with Gasteiger partial charge >= 0.3 is 21.7 Å². The number of fused-ring (bicyclic) bond motifs is 1. The molecule has 1 amide bonds. The van der Waals surface area contributed by atoms with Crippen molar-refractivity contribution >= 4 is 21.7 Å². The van der Waals surface area contributed by atoms with Gasteiger partial charge in [-0.3, -0.25) is 4.68 Å². The minimum absolute atomic E-state index is 0.0487. The molecule has 4 rings (SSSR count). The Labute approximate surface area is 210 Å². The van der Waals surface area contributed by atoms with Gasteiger partial charge in [0, 0.05) is 36.6 Å². The van der Waals surface area contributed by atoms with Crippen molar-refractivity contribution in [2.45, 2.75) is 50.8 Å². The molecule has 0 aromatic carbocycles. The average molecular weight is 541 g/mol. The van der Waals surface area contributed by atoms with Crippen molar-refractivity contribution in [2.24, 2.45) is 0 Å². The van der Waals surface area contributed by atoms with Crippen LogP contribution in [0, 0.1) is 11.3 Å². The Morgan fingerprint density at radius 1 is 1.11 bits per heavy atom. The minimum Gasteiger partial charge on any atom is -0.444 e. The summed E-state index contributed by atoms with van der Waals surface area (Å²) in [4.78, 5) is 13.9. The number of nitrogens with zero attached hydrogens (tertiary/aromatic N) is 6. The van der Waals surface area contributed by atoms with Crippen LogP contribution in [0.25, 0.3) is 16.6 Å². The number of halogens is 3. The largest absolute Gasteiger partial charge is 0.534 e. The van der Waals surface area contributed by atoms with Crippen LogP contribution in [0.1, 0.15) is 45.2 Å². The molecule has 37 heavy (non-hydrogen) atoms. The molecule has 0 atom stereocenters. The van der Waals surface area contributed by atoms with E-state index in [4.69, 9.17) is 4.74 Å². The molecule has 1 aliphatic heterocycles. The van der Waals surface area contributed by atoms with E-state index >= 15 is 0 Å². The molecule has 3 aromatic rings. The van der Waals surface area contributed by atoms with Crippen molar-refractivity contribution in [3.63, 3.8) is 0 Å². The van der Waals surface area contributed by atoms with Crippen LogP contribution in [0.5, 0.6) is 5.75 Å². The van der Waals surface area contributed by atoms with Gasteiger partial charge in [-0.1, -0.05) is 0 Å². The molecule has 1 fully saturated rings. The molecule has 0 saturated carbocycles. The normalized spacial score (nSPS) is 15.5. The summed E-state index contributed by atoms with van der Waals surface area (Å²) in [5.41, 5.74) is -5.92. The quantitative estimate of drug-likeness (QED) is 0.360. The Balaban J connectivity index is 1.59. The number of aromatic nitrogens is 4. The number of carbonyl (C=O) groups excluding carboxylic acids is 1. The second-order valence-corrected chi connectivity index (χ2v) is 11.0. The summed E-state index contributed by atoms with van der Waals surface area (Å²) in [7, 11) is -5.99. The van der Waals surface area contributed by atoms with Crippen LogP contribution in [0.3, 0.4) is 0 Å². The molecule has 0 bridgehead atoms. The third-order valence-corrected chi connectivity index (χ3v) is 6.57. The Hall–Kier alpha value is -3.80. The lowest BCUT2D eigenvalue weighted by Gasteiger charge is -2.33. The highest BCUT2D eigenvalue weighted by Crippen LogP contribution is 2.34. The summed E-state index contributed by atoms with van der Waals surface area (Å²) in [5, 5.41) is 17.6. The number of hydrogen-bond acceptors (Lipinski definition) is 8. The third-order valence-electron chi connectivity index (χ3n) is 5.61. The van der Waals surface area contributed by atoms with E-state index in [1.165, 1.54) is 12.4 Å². The minimum atomic E-state index is -5.99. The number of nitriles is 1. The van der Waals surface area contributed by atoms with Crippen molar-refractivity contribution in [3.8, 4) is 22.9 Å². The lowest BCUT2D eigenvalue weighted by Crippen LogP contribution is -2.42. The van der Waals surface area contributed by atoms with Gasteiger partial charge in [0.05, 0.1) is 18.4 Å². The zero-order valence-corrected chi connectivity index (χ0v) is 20.9. The van der Waals surface area contributed by atoms with Crippen LogP contribution < -0.4 is 4.18 Å². The van der Waals surface area contributed by atoms with Gasteiger partial charge in [-0.15, -0.1) is 0 Å². The van der Waals surface area contributed by atoms with Gasteiger partial charge in [-0.05, 0) is 39.7 Å². The molecular weight excluding hydrogens is 517 g/mol. The van der Waals surface area contributed by atoms with E-state index in [2.05, 4.69) is 14.4 Å². The molecule has 0 aliphatic carbocycles. The molecule has 198 valence electrons. The zero-order valence-electron chi connectivity index (χ0n) is 20.1.